The van der Waals surface area contributed by atoms with Crippen molar-refractivity contribution in [3.8, 4) is 5.75 Å². The zero-order chi connectivity index (χ0) is 19.2. The molecule has 0 radical (unpaired) electrons. The van der Waals surface area contributed by atoms with Crippen molar-refractivity contribution < 1.29 is 14.3 Å². The molecule has 1 aliphatic rings. The number of aromatic nitrogens is 2. The van der Waals surface area contributed by atoms with Crippen molar-refractivity contribution in [3.05, 3.63) is 41.2 Å². The van der Waals surface area contributed by atoms with Crippen molar-refractivity contribution in [2.24, 2.45) is 13.0 Å². The van der Waals surface area contributed by atoms with E-state index in [1.807, 2.05) is 26.4 Å². The Morgan fingerprint density at radius 1 is 1.39 bits per heavy atom. The second-order valence-electron chi connectivity index (χ2n) is 6.47. The van der Waals surface area contributed by atoms with Gasteiger partial charge in [-0.25, -0.2) is 0 Å². The maximum atomic E-state index is 12.9. The van der Waals surface area contributed by atoms with Crippen LogP contribution in [0.25, 0.3) is 0 Å². The number of para-hydroxylation sites is 1. The predicted molar refractivity (Wildman–Crippen MR) is 112 cm³/mol. The third-order valence-corrected chi connectivity index (χ3v) is 4.90. The first kappa shape index (κ1) is 22.5. The Balaban J connectivity index is 0.00000280. The van der Waals surface area contributed by atoms with Crippen LogP contribution in [0.3, 0.4) is 0 Å². The van der Waals surface area contributed by atoms with E-state index in [-0.39, 0.29) is 30.2 Å². The summed E-state index contributed by atoms with van der Waals surface area (Å²) in [6.07, 6.45) is 3.78. The van der Waals surface area contributed by atoms with Crippen LogP contribution in [0, 0.1) is 5.92 Å². The lowest BCUT2D eigenvalue weighted by Crippen LogP contribution is -2.28. The molecule has 2 N–H and O–H groups in total. The van der Waals surface area contributed by atoms with Gasteiger partial charge < -0.3 is 20.1 Å². The quantitative estimate of drug-likeness (QED) is 0.632. The molecule has 2 heterocycles. The Labute approximate surface area is 176 Å². The predicted octanol–water partition coefficient (Wildman–Crippen LogP) is 2.85. The molecule has 0 aliphatic carbocycles. The molecule has 2 aromatic rings. The van der Waals surface area contributed by atoms with Gasteiger partial charge in [0, 0.05) is 38.9 Å². The summed E-state index contributed by atoms with van der Waals surface area (Å²) in [5.74, 6) is 0.298. The van der Waals surface area contributed by atoms with Crippen LogP contribution in [-0.2, 0) is 16.6 Å². The SMILES string of the molecule is CCOCCOc1c(Cl)cccc1NC(=O)[C@H]1CNC[C@@H]1c1cnn(C)c1.Cl. The smallest absolute Gasteiger partial charge is 0.229 e. The fraction of sp³-hybridized carbons (Fsp3) is 0.474. The van der Waals surface area contributed by atoms with Crippen LogP contribution < -0.4 is 15.4 Å². The number of halogens is 2. The molecule has 28 heavy (non-hydrogen) atoms. The minimum atomic E-state index is -0.190. The zero-order valence-electron chi connectivity index (χ0n) is 16.0. The number of aryl methyl sites for hydroxylation is 1. The number of nitrogens with zero attached hydrogens (tertiary/aromatic N) is 2. The summed E-state index contributed by atoms with van der Waals surface area (Å²) < 4.78 is 12.8. The second-order valence-corrected chi connectivity index (χ2v) is 6.88. The largest absolute Gasteiger partial charge is 0.487 e. The lowest BCUT2D eigenvalue weighted by Gasteiger charge is -2.19. The molecule has 1 fully saturated rings. The first-order valence-corrected chi connectivity index (χ1v) is 9.47. The number of anilines is 1. The molecule has 1 amide bonds. The Morgan fingerprint density at radius 2 is 2.21 bits per heavy atom. The van der Waals surface area contributed by atoms with Gasteiger partial charge in [-0.1, -0.05) is 17.7 Å². The standard InChI is InChI=1S/C19H25ClN4O3.ClH/c1-3-26-7-8-27-18-16(20)5-4-6-17(18)23-19(25)15-11-21-10-14(15)13-9-22-24(2)12-13;/h4-6,9,12,14-15,21H,3,7-8,10-11H2,1-2H3,(H,23,25);1H/t14-,15+;/m1./s1. The number of carbonyl (C=O) groups excluding carboxylic acids is 1. The van der Waals surface area contributed by atoms with Crippen molar-refractivity contribution in [2.75, 3.05) is 38.2 Å². The van der Waals surface area contributed by atoms with Gasteiger partial charge in [-0.05, 0) is 24.6 Å². The van der Waals surface area contributed by atoms with Gasteiger partial charge in [0.2, 0.25) is 5.91 Å². The number of benzene rings is 1. The third kappa shape index (κ3) is 5.38. The van der Waals surface area contributed by atoms with Gasteiger partial charge >= 0.3 is 0 Å². The van der Waals surface area contributed by atoms with Gasteiger partial charge in [0.15, 0.2) is 5.75 Å². The normalized spacial score (nSPS) is 18.5. The Morgan fingerprint density at radius 3 is 2.93 bits per heavy atom. The molecule has 0 spiro atoms. The molecule has 1 aliphatic heterocycles. The molecule has 1 saturated heterocycles. The van der Waals surface area contributed by atoms with E-state index in [2.05, 4.69) is 15.7 Å². The van der Waals surface area contributed by atoms with Crippen molar-refractivity contribution in [1.29, 1.82) is 0 Å². The maximum absolute atomic E-state index is 12.9. The average Bonchev–Trinajstić information content (AvgIpc) is 3.29. The number of hydrogen-bond donors (Lipinski definition) is 2. The number of nitrogens with one attached hydrogen (secondary N) is 2. The van der Waals surface area contributed by atoms with Crippen molar-refractivity contribution in [3.63, 3.8) is 0 Å². The topological polar surface area (TPSA) is 77.4 Å². The summed E-state index contributed by atoms with van der Waals surface area (Å²) in [4.78, 5) is 12.9. The average molecular weight is 429 g/mol. The van der Waals surface area contributed by atoms with Crippen LogP contribution in [-0.4, -0.2) is 48.6 Å². The van der Waals surface area contributed by atoms with Crippen LogP contribution in [0.4, 0.5) is 5.69 Å². The van der Waals surface area contributed by atoms with Gasteiger partial charge in [-0.3, -0.25) is 9.48 Å². The molecule has 1 aromatic carbocycles. The molecule has 2 atom stereocenters. The highest BCUT2D eigenvalue weighted by molar-refractivity contribution is 6.32. The van der Waals surface area contributed by atoms with E-state index in [4.69, 9.17) is 21.1 Å². The van der Waals surface area contributed by atoms with Gasteiger partial charge in [-0.2, -0.15) is 5.10 Å². The van der Waals surface area contributed by atoms with Gasteiger partial charge in [0.05, 0.1) is 29.4 Å². The maximum Gasteiger partial charge on any atom is 0.229 e. The summed E-state index contributed by atoms with van der Waals surface area (Å²) in [5.41, 5.74) is 1.63. The van der Waals surface area contributed by atoms with Crippen molar-refractivity contribution >= 4 is 35.6 Å². The summed E-state index contributed by atoms with van der Waals surface area (Å²) in [7, 11) is 1.87. The molecule has 9 heteroatoms. The molecule has 1 aromatic heterocycles. The Bertz CT molecular complexity index is 784. The first-order chi connectivity index (χ1) is 13.1. The summed E-state index contributed by atoms with van der Waals surface area (Å²) in [5, 5.41) is 11.0. The molecule has 154 valence electrons. The third-order valence-electron chi connectivity index (χ3n) is 4.61. The van der Waals surface area contributed by atoms with E-state index >= 15 is 0 Å². The molecule has 3 rings (SSSR count). The highest BCUT2D eigenvalue weighted by atomic mass is 35.5. The number of hydrogen-bond acceptors (Lipinski definition) is 5. The second kappa shape index (κ2) is 10.7. The van der Waals surface area contributed by atoms with Crippen LogP contribution in [0.5, 0.6) is 5.75 Å². The molecule has 0 bridgehead atoms. The fourth-order valence-electron chi connectivity index (χ4n) is 3.26. The highest BCUT2D eigenvalue weighted by Crippen LogP contribution is 2.35. The highest BCUT2D eigenvalue weighted by Gasteiger charge is 2.35. The van der Waals surface area contributed by atoms with E-state index in [9.17, 15) is 4.79 Å². The number of rotatable bonds is 8. The van der Waals surface area contributed by atoms with Crippen LogP contribution >= 0.6 is 24.0 Å². The minimum Gasteiger partial charge on any atom is -0.487 e. The van der Waals surface area contributed by atoms with Crippen LogP contribution in [0.2, 0.25) is 5.02 Å². The van der Waals surface area contributed by atoms with Crippen LogP contribution in [0.1, 0.15) is 18.4 Å². The van der Waals surface area contributed by atoms with E-state index in [0.717, 1.165) is 12.1 Å². The lowest BCUT2D eigenvalue weighted by atomic mass is 9.90. The number of amides is 1. The fourth-order valence-corrected chi connectivity index (χ4v) is 3.49. The van der Waals surface area contributed by atoms with E-state index < -0.39 is 0 Å². The van der Waals surface area contributed by atoms with Gasteiger partial charge in [0.1, 0.15) is 6.61 Å². The summed E-state index contributed by atoms with van der Waals surface area (Å²) in [6.45, 7) is 4.74. The first-order valence-electron chi connectivity index (χ1n) is 9.09. The van der Waals surface area contributed by atoms with Crippen molar-refractivity contribution in [1.82, 2.24) is 15.1 Å². The summed E-state index contributed by atoms with van der Waals surface area (Å²) in [6, 6.07) is 5.32. The molecule has 0 unspecified atom stereocenters. The molecular weight excluding hydrogens is 403 g/mol. The van der Waals surface area contributed by atoms with E-state index in [1.165, 1.54) is 0 Å². The van der Waals surface area contributed by atoms with Crippen molar-refractivity contribution in [2.45, 2.75) is 12.8 Å². The lowest BCUT2D eigenvalue weighted by molar-refractivity contribution is -0.119. The molecule has 7 nitrogen and oxygen atoms in total. The number of carbonyl (C=O) groups is 1. The Hall–Kier alpha value is -1.80. The van der Waals surface area contributed by atoms with E-state index in [0.29, 0.717) is 42.8 Å². The van der Waals surface area contributed by atoms with Crippen LogP contribution in [0.15, 0.2) is 30.6 Å². The van der Waals surface area contributed by atoms with Gasteiger partial charge in [0.25, 0.3) is 0 Å². The Kier molecular flexibility index (Phi) is 8.57. The molecule has 0 saturated carbocycles. The van der Waals surface area contributed by atoms with E-state index in [1.54, 1.807) is 22.9 Å². The van der Waals surface area contributed by atoms with Gasteiger partial charge in [-0.15, -0.1) is 12.4 Å². The summed E-state index contributed by atoms with van der Waals surface area (Å²) >= 11 is 6.27. The minimum absolute atomic E-state index is 0. The molecular formula is C19H26Cl2N4O3. The number of ether oxygens (including phenoxy) is 2. The zero-order valence-corrected chi connectivity index (χ0v) is 17.6. The monoisotopic (exact) mass is 428 g/mol.